The molecule has 1 aromatic rings. The van der Waals surface area contributed by atoms with E-state index in [1.54, 1.807) is 18.4 Å². The predicted octanol–water partition coefficient (Wildman–Crippen LogP) is -0.711. The summed E-state index contributed by atoms with van der Waals surface area (Å²) < 4.78 is 5.09. The molecule has 2 amide bonds. The molecule has 6 heteroatoms. The number of hydrogen-bond acceptors (Lipinski definition) is 4. The molecule has 2 rings (SSSR count). The fourth-order valence-corrected chi connectivity index (χ4v) is 1.35. The Kier molecular flexibility index (Phi) is 2.68. The molecule has 1 aliphatic heterocycles. The number of hydrogen-bond donors (Lipinski definition) is 3. The van der Waals surface area contributed by atoms with Gasteiger partial charge in [0.1, 0.15) is 5.76 Å². The van der Waals surface area contributed by atoms with Crippen molar-refractivity contribution < 1.29 is 14.0 Å². The quantitative estimate of drug-likeness (QED) is 0.614. The van der Waals surface area contributed by atoms with Gasteiger partial charge in [-0.1, -0.05) is 0 Å². The molecule has 0 unspecified atom stereocenters. The van der Waals surface area contributed by atoms with E-state index in [4.69, 9.17) is 4.42 Å². The highest BCUT2D eigenvalue weighted by molar-refractivity contribution is 5.93. The van der Waals surface area contributed by atoms with Gasteiger partial charge in [0.15, 0.2) is 0 Å². The number of carbonyl (C=O) groups is 2. The van der Waals surface area contributed by atoms with Gasteiger partial charge in [-0.2, -0.15) is 0 Å². The van der Waals surface area contributed by atoms with Crippen molar-refractivity contribution in [1.29, 1.82) is 0 Å². The van der Waals surface area contributed by atoms with Crippen LogP contribution in [0.4, 0.5) is 0 Å². The van der Waals surface area contributed by atoms with Gasteiger partial charge in [0.05, 0.1) is 25.3 Å². The molecule has 0 saturated carbocycles. The second kappa shape index (κ2) is 4.14. The van der Waals surface area contributed by atoms with E-state index in [0.717, 1.165) is 5.76 Å². The van der Waals surface area contributed by atoms with Crippen LogP contribution in [0.1, 0.15) is 12.2 Å². The molecule has 0 aliphatic carbocycles. The minimum absolute atomic E-state index is 0.145. The van der Waals surface area contributed by atoms with Crippen LogP contribution >= 0.6 is 0 Å². The Morgan fingerprint density at radius 1 is 1.47 bits per heavy atom. The Balaban J connectivity index is 1.88. The normalized spacial score (nSPS) is 20.9. The Labute approximate surface area is 86.0 Å². The Morgan fingerprint density at radius 3 is 3.07 bits per heavy atom. The van der Waals surface area contributed by atoms with Gasteiger partial charge in [-0.3, -0.25) is 25.8 Å². The zero-order valence-corrected chi connectivity index (χ0v) is 7.95. The fraction of sp³-hybridized carbons (Fsp3) is 0.333. The Bertz CT molecular complexity index is 361. The summed E-state index contributed by atoms with van der Waals surface area (Å²) in [5.74, 6) is 0.293. The molecule has 1 aliphatic rings. The third kappa shape index (κ3) is 2.35. The third-order valence-electron chi connectivity index (χ3n) is 2.13. The van der Waals surface area contributed by atoms with Crippen LogP contribution in [0, 0.1) is 0 Å². The van der Waals surface area contributed by atoms with Crippen LogP contribution < -0.4 is 16.2 Å². The summed E-state index contributed by atoms with van der Waals surface area (Å²) in [6.45, 7) is 0.429. The topological polar surface area (TPSA) is 83.4 Å². The molecule has 1 aromatic heterocycles. The van der Waals surface area contributed by atoms with Crippen LogP contribution in [0.2, 0.25) is 0 Å². The zero-order valence-electron chi connectivity index (χ0n) is 7.95. The first-order valence-electron chi connectivity index (χ1n) is 4.60. The van der Waals surface area contributed by atoms with Crippen molar-refractivity contribution >= 4 is 11.8 Å². The average molecular weight is 209 g/mol. The van der Waals surface area contributed by atoms with Crippen LogP contribution in [-0.2, 0) is 16.1 Å². The summed E-state index contributed by atoms with van der Waals surface area (Å²) in [5, 5.41) is 2.94. The molecule has 0 bridgehead atoms. The molecule has 1 saturated heterocycles. The van der Waals surface area contributed by atoms with Gasteiger partial charge >= 0.3 is 0 Å². The summed E-state index contributed by atoms with van der Waals surface area (Å²) in [6, 6.07) is 3.07. The van der Waals surface area contributed by atoms with Crippen LogP contribution in [0.15, 0.2) is 22.8 Å². The molecule has 80 valence electrons. The lowest BCUT2D eigenvalue weighted by Gasteiger charge is -2.22. The number of amides is 2. The monoisotopic (exact) mass is 209 g/mol. The second-order valence-electron chi connectivity index (χ2n) is 3.25. The Hall–Kier alpha value is -1.82. The van der Waals surface area contributed by atoms with Crippen molar-refractivity contribution in [2.24, 2.45) is 0 Å². The molecule has 1 fully saturated rings. The standard InChI is InChI=1S/C9H11N3O3/c13-8-4-7(9(14)12-11-8)10-5-6-2-1-3-15-6/h1-3,7,10H,4-5H2,(H,11,13)(H,12,14)/t7-/m0/s1. The minimum Gasteiger partial charge on any atom is -0.468 e. The highest BCUT2D eigenvalue weighted by Gasteiger charge is 2.26. The van der Waals surface area contributed by atoms with Crippen molar-refractivity contribution in [1.82, 2.24) is 16.2 Å². The van der Waals surface area contributed by atoms with Crippen molar-refractivity contribution in [3.63, 3.8) is 0 Å². The molecule has 1 atom stereocenters. The van der Waals surface area contributed by atoms with E-state index in [0.29, 0.717) is 6.54 Å². The maximum Gasteiger partial charge on any atom is 0.256 e. The van der Waals surface area contributed by atoms with E-state index in [-0.39, 0.29) is 18.2 Å². The lowest BCUT2D eigenvalue weighted by atomic mass is 10.1. The van der Waals surface area contributed by atoms with E-state index >= 15 is 0 Å². The number of hydrazine groups is 1. The highest BCUT2D eigenvalue weighted by atomic mass is 16.3. The fourth-order valence-electron chi connectivity index (χ4n) is 1.35. The first-order valence-corrected chi connectivity index (χ1v) is 4.60. The summed E-state index contributed by atoms with van der Waals surface area (Å²) in [6.07, 6.45) is 1.71. The molecule has 0 aromatic carbocycles. The first kappa shape index (κ1) is 9.72. The molecular formula is C9H11N3O3. The highest BCUT2D eigenvalue weighted by Crippen LogP contribution is 2.02. The summed E-state index contributed by atoms with van der Waals surface area (Å²) in [4.78, 5) is 22.3. The lowest BCUT2D eigenvalue weighted by molar-refractivity contribution is -0.136. The maximum absolute atomic E-state index is 11.3. The molecule has 15 heavy (non-hydrogen) atoms. The van der Waals surface area contributed by atoms with Gasteiger partial charge in [0, 0.05) is 0 Å². The van der Waals surface area contributed by atoms with Gasteiger partial charge in [-0.25, -0.2) is 0 Å². The second-order valence-corrected chi connectivity index (χ2v) is 3.25. The summed E-state index contributed by atoms with van der Waals surface area (Å²) >= 11 is 0. The first-order chi connectivity index (χ1) is 7.25. The molecule has 3 N–H and O–H groups in total. The van der Waals surface area contributed by atoms with Crippen molar-refractivity contribution in [2.45, 2.75) is 19.0 Å². The van der Waals surface area contributed by atoms with Crippen molar-refractivity contribution in [3.8, 4) is 0 Å². The van der Waals surface area contributed by atoms with E-state index in [2.05, 4.69) is 16.2 Å². The minimum atomic E-state index is -0.496. The number of rotatable bonds is 3. The van der Waals surface area contributed by atoms with Crippen LogP contribution in [0.3, 0.4) is 0 Å². The van der Waals surface area contributed by atoms with Gasteiger partial charge in [0.2, 0.25) is 5.91 Å². The predicted molar refractivity (Wildman–Crippen MR) is 50.2 cm³/mol. The summed E-state index contributed by atoms with van der Waals surface area (Å²) in [7, 11) is 0. The van der Waals surface area contributed by atoms with Crippen LogP contribution in [0.5, 0.6) is 0 Å². The largest absolute Gasteiger partial charge is 0.468 e. The van der Waals surface area contributed by atoms with E-state index < -0.39 is 6.04 Å². The Morgan fingerprint density at radius 2 is 2.33 bits per heavy atom. The SMILES string of the molecule is O=C1C[C@H](NCc2ccco2)C(=O)NN1. The average Bonchev–Trinajstić information content (AvgIpc) is 2.72. The van der Waals surface area contributed by atoms with Crippen LogP contribution in [0.25, 0.3) is 0 Å². The summed E-state index contributed by atoms with van der Waals surface area (Å²) in [5.41, 5.74) is 4.53. The molecule has 0 spiro atoms. The number of furan rings is 1. The molecular weight excluding hydrogens is 198 g/mol. The van der Waals surface area contributed by atoms with Crippen LogP contribution in [-0.4, -0.2) is 17.9 Å². The molecule has 2 heterocycles. The van der Waals surface area contributed by atoms with Crippen molar-refractivity contribution in [2.75, 3.05) is 0 Å². The molecule has 0 radical (unpaired) electrons. The van der Waals surface area contributed by atoms with Gasteiger partial charge < -0.3 is 4.42 Å². The smallest absolute Gasteiger partial charge is 0.256 e. The lowest BCUT2D eigenvalue weighted by Crippen LogP contribution is -2.57. The van der Waals surface area contributed by atoms with Crippen molar-refractivity contribution in [3.05, 3.63) is 24.2 Å². The maximum atomic E-state index is 11.3. The zero-order chi connectivity index (χ0) is 10.7. The number of carbonyl (C=O) groups excluding carboxylic acids is 2. The van der Waals surface area contributed by atoms with Gasteiger partial charge in [0.25, 0.3) is 5.91 Å². The van der Waals surface area contributed by atoms with Gasteiger partial charge in [-0.15, -0.1) is 0 Å². The molecule has 6 nitrogen and oxygen atoms in total. The van der Waals surface area contributed by atoms with E-state index in [1.807, 2.05) is 0 Å². The third-order valence-corrected chi connectivity index (χ3v) is 2.13. The van der Waals surface area contributed by atoms with Gasteiger partial charge in [-0.05, 0) is 12.1 Å². The van der Waals surface area contributed by atoms with E-state index in [9.17, 15) is 9.59 Å². The number of nitrogens with one attached hydrogen (secondary N) is 3. The van der Waals surface area contributed by atoms with E-state index in [1.165, 1.54) is 0 Å².